The van der Waals surface area contributed by atoms with E-state index in [2.05, 4.69) is 5.10 Å². The first-order valence-electron chi connectivity index (χ1n) is 8.95. The first-order chi connectivity index (χ1) is 14.7. The summed E-state index contributed by atoms with van der Waals surface area (Å²) in [7, 11) is 0. The summed E-state index contributed by atoms with van der Waals surface area (Å²) in [4.78, 5) is 25.1. The van der Waals surface area contributed by atoms with Gasteiger partial charge in [-0.2, -0.15) is 31.4 Å². The van der Waals surface area contributed by atoms with Crippen LogP contribution < -0.4 is 10.9 Å². The molecule has 2 aromatic heterocycles. The van der Waals surface area contributed by atoms with Gasteiger partial charge in [0.25, 0.3) is 11.5 Å². The minimum Gasteiger partial charge on any atom is -0.463 e. The Bertz CT molecular complexity index is 1160. The third-order valence-corrected chi connectivity index (χ3v) is 4.50. The van der Waals surface area contributed by atoms with Gasteiger partial charge in [-0.3, -0.25) is 9.59 Å². The molecule has 2 heterocycles. The molecule has 0 spiro atoms. The van der Waals surface area contributed by atoms with E-state index in [9.17, 15) is 35.9 Å². The molecule has 32 heavy (non-hydrogen) atoms. The van der Waals surface area contributed by atoms with Gasteiger partial charge in [-0.15, -0.1) is 0 Å². The van der Waals surface area contributed by atoms with Crippen LogP contribution in [0.15, 0.2) is 57.9 Å². The number of carbonyl (C=O) groups excluding carboxylic acids is 1. The Kier molecular flexibility index (Phi) is 5.66. The lowest BCUT2D eigenvalue weighted by molar-refractivity contribution is -0.143. The number of amides is 1. The third-order valence-electron chi connectivity index (χ3n) is 4.50. The van der Waals surface area contributed by atoms with Crippen LogP contribution in [0.25, 0.3) is 11.5 Å². The second kappa shape index (κ2) is 7.84. The molecule has 0 fully saturated rings. The van der Waals surface area contributed by atoms with Crippen molar-refractivity contribution in [3.05, 3.63) is 70.2 Å². The largest absolute Gasteiger partial charge is 0.463 e. The zero-order chi connectivity index (χ0) is 23.9. The van der Waals surface area contributed by atoms with Crippen molar-refractivity contribution >= 4 is 11.6 Å². The fourth-order valence-electron chi connectivity index (χ4n) is 2.77. The molecule has 12 heteroatoms. The normalized spacial score (nSPS) is 12.6. The zero-order valence-electron chi connectivity index (χ0n) is 16.5. The monoisotopic (exact) mass is 459 g/mol. The highest BCUT2D eigenvalue weighted by Crippen LogP contribution is 2.37. The van der Waals surface area contributed by atoms with Crippen molar-refractivity contribution in [2.75, 3.05) is 5.32 Å². The molecular weight excluding hydrogens is 444 g/mol. The molecule has 0 saturated heterocycles. The van der Waals surface area contributed by atoms with Gasteiger partial charge < -0.3 is 9.73 Å². The highest BCUT2D eigenvalue weighted by atomic mass is 19.4. The number of carbonyl (C=O) groups is 1. The smallest absolute Gasteiger partial charge is 0.416 e. The summed E-state index contributed by atoms with van der Waals surface area (Å²) in [6.45, 7) is 2.47. The van der Waals surface area contributed by atoms with Crippen molar-refractivity contribution in [2.45, 2.75) is 31.7 Å². The quantitative estimate of drug-likeness (QED) is 0.563. The van der Waals surface area contributed by atoms with Crippen LogP contribution in [0, 0.1) is 0 Å². The molecule has 1 amide bonds. The van der Waals surface area contributed by atoms with Gasteiger partial charge in [-0.05, 0) is 50.2 Å². The van der Waals surface area contributed by atoms with E-state index in [1.807, 2.05) is 5.32 Å². The van der Waals surface area contributed by atoms with Gasteiger partial charge in [0.1, 0.15) is 11.2 Å². The molecule has 0 atom stereocenters. The number of nitrogens with zero attached hydrogens (tertiary/aromatic N) is 2. The average Bonchev–Trinajstić information content (AvgIpc) is 3.21. The van der Waals surface area contributed by atoms with Crippen LogP contribution in [0.2, 0.25) is 0 Å². The van der Waals surface area contributed by atoms with Crippen LogP contribution in [0.5, 0.6) is 0 Å². The van der Waals surface area contributed by atoms with Gasteiger partial charge in [0.2, 0.25) is 0 Å². The maximum absolute atomic E-state index is 13.1. The summed E-state index contributed by atoms with van der Waals surface area (Å²) in [6, 6.07) is 6.25. The molecule has 3 rings (SSSR count). The minimum atomic E-state index is -5.08. The molecule has 170 valence electrons. The Morgan fingerprint density at radius 1 is 0.969 bits per heavy atom. The van der Waals surface area contributed by atoms with Crippen molar-refractivity contribution in [2.24, 2.45) is 0 Å². The van der Waals surface area contributed by atoms with Crippen molar-refractivity contribution in [3.8, 4) is 11.5 Å². The fourth-order valence-corrected chi connectivity index (χ4v) is 2.77. The van der Waals surface area contributed by atoms with E-state index in [1.54, 1.807) is 12.1 Å². The Balaban J connectivity index is 2.00. The van der Waals surface area contributed by atoms with E-state index >= 15 is 0 Å². The number of nitrogens with one attached hydrogen (secondary N) is 1. The van der Waals surface area contributed by atoms with E-state index in [0.29, 0.717) is 12.1 Å². The van der Waals surface area contributed by atoms with Gasteiger partial charge in [0.15, 0.2) is 5.76 Å². The molecule has 6 nitrogen and oxygen atoms in total. The molecule has 0 aliphatic carbocycles. The summed E-state index contributed by atoms with van der Waals surface area (Å²) >= 11 is 0. The van der Waals surface area contributed by atoms with Crippen molar-refractivity contribution in [3.63, 3.8) is 0 Å². The van der Waals surface area contributed by atoms with Crippen LogP contribution in [-0.2, 0) is 22.7 Å². The molecule has 0 radical (unpaired) electrons. The van der Waals surface area contributed by atoms with Gasteiger partial charge in [-0.1, -0.05) is 0 Å². The summed E-state index contributed by atoms with van der Waals surface area (Å²) in [5.74, 6) is -0.779. The van der Waals surface area contributed by atoms with Crippen LogP contribution in [-0.4, -0.2) is 15.7 Å². The fraction of sp³-hybridized carbons (Fsp3) is 0.250. The van der Waals surface area contributed by atoms with E-state index in [-0.39, 0.29) is 17.5 Å². The molecule has 0 bridgehead atoms. The van der Waals surface area contributed by atoms with Crippen LogP contribution >= 0.6 is 0 Å². The minimum absolute atomic E-state index is 0.0559. The van der Waals surface area contributed by atoms with Crippen LogP contribution in [0.4, 0.5) is 32.0 Å². The van der Waals surface area contributed by atoms with Crippen molar-refractivity contribution < 1.29 is 35.6 Å². The first kappa shape index (κ1) is 23.1. The molecule has 0 aliphatic rings. The molecular formula is C20H15F6N3O3. The summed E-state index contributed by atoms with van der Waals surface area (Å²) < 4.78 is 84.3. The number of benzene rings is 1. The van der Waals surface area contributed by atoms with Crippen LogP contribution in [0.1, 0.15) is 25.0 Å². The number of furan rings is 1. The molecule has 1 aromatic carbocycles. The van der Waals surface area contributed by atoms with E-state index in [0.717, 1.165) is 10.7 Å². The Morgan fingerprint density at radius 2 is 1.56 bits per heavy atom. The second-order valence-electron chi connectivity index (χ2n) is 7.25. The SMILES string of the molecule is CC(C)(C(=O)Nc1cc(C(F)(F)F)cc(C(F)(F)F)c1)n1nc(-c2ccco2)ccc1=O. The first-order valence-corrected chi connectivity index (χ1v) is 8.95. The average molecular weight is 459 g/mol. The summed E-state index contributed by atoms with van der Waals surface area (Å²) in [5, 5.41) is 6.08. The number of hydrogen-bond acceptors (Lipinski definition) is 4. The van der Waals surface area contributed by atoms with Crippen molar-refractivity contribution in [1.82, 2.24) is 9.78 Å². The Hall–Kier alpha value is -3.57. The van der Waals surface area contributed by atoms with Crippen LogP contribution in [0.3, 0.4) is 0 Å². The van der Waals surface area contributed by atoms with Gasteiger partial charge in [0, 0.05) is 11.8 Å². The van der Waals surface area contributed by atoms with E-state index in [4.69, 9.17) is 4.42 Å². The Labute approximate surface area is 176 Å². The van der Waals surface area contributed by atoms with Gasteiger partial charge in [-0.25, -0.2) is 4.68 Å². The number of anilines is 1. The molecule has 3 aromatic rings. The predicted octanol–water partition coefficient (Wildman–Crippen LogP) is 4.91. The predicted molar refractivity (Wildman–Crippen MR) is 101 cm³/mol. The number of aromatic nitrogens is 2. The maximum atomic E-state index is 13.1. The number of alkyl halides is 6. The van der Waals surface area contributed by atoms with Gasteiger partial charge in [0.05, 0.1) is 17.4 Å². The zero-order valence-corrected chi connectivity index (χ0v) is 16.5. The van der Waals surface area contributed by atoms with E-state index in [1.165, 1.54) is 26.2 Å². The van der Waals surface area contributed by atoms with E-state index < -0.39 is 46.2 Å². The number of hydrogen-bond donors (Lipinski definition) is 1. The molecule has 1 N–H and O–H groups in total. The highest BCUT2D eigenvalue weighted by molar-refractivity contribution is 5.96. The topological polar surface area (TPSA) is 77.1 Å². The lowest BCUT2D eigenvalue weighted by Gasteiger charge is -2.25. The molecule has 0 saturated carbocycles. The second-order valence-corrected chi connectivity index (χ2v) is 7.25. The van der Waals surface area contributed by atoms with Crippen molar-refractivity contribution in [1.29, 1.82) is 0 Å². The number of halogens is 6. The lowest BCUT2D eigenvalue weighted by atomic mass is 10.0. The Morgan fingerprint density at radius 3 is 2.06 bits per heavy atom. The van der Waals surface area contributed by atoms with Gasteiger partial charge >= 0.3 is 12.4 Å². The summed E-state index contributed by atoms with van der Waals surface area (Å²) in [6.07, 6.45) is -8.80. The number of rotatable bonds is 4. The maximum Gasteiger partial charge on any atom is 0.416 e. The summed E-state index contributed by atoms with van der Waals surface area (Å²) in [5.41, 5.74) is -6.23. The third kappa shape index (κ3) is 4.68. The lowest BCUT2D eigenvalue weighted by Crippen LogP contribution is -2.47. The molecule has 0 unspecified atom stereocenters. The highest BCUT2D eigenvalue weighted by Gasteiger charge is 2.38. The molecule has 0 aliphatic heterocycles. The standard InChI is InChI=1S/C20H15F6N3O3/c1-18(2,29-16(30)6-5-14(28-29)15-4-3-7-32-15)17(31)27-13-9-11(19(21,22)23)8-12(10-13)20(24,25)26/h3-10H,1-2H3,(H,27,31).